The highest BCUT2D eigenvalue weighted by Gasteiger charge is 2.35. The third-order valence-corrected chi connectivity index (χ3v) is 7.72. The van der Waals surface area contributed by atoms with Crippen LogP contribution in [0.5, 0.6) is 5.75 Å². The number of carbonyl (C=O) groups is 1. The molecule has 0 fully saturated rings. The summed E-state index contributed by atoms with van der Waals surface area (Å²) in [5.41, 5.74) is 1.72. The van der Waals surface area contributed by atoms with Gasteiger partial charge in [-0.25, -0.2) is 9.79 Å². The van der Waals surface area contributed by atoms with Crippen molar-refractivity contribution in [2.75, 3.05) is 14.2 Å². The molecule has 4 aromatic rings. The molecule has 0 aliphatic carbocycles. The van der Waals surface area contributed by atoms with E-state index < -0.39 is 22.5 Å². The lowest BCUT2D eigenvalue weighted by Crippen LogP contribution is -2.40. The van der Waals surface area contributed by atoms with Crippen molar-refractivity contribution in [2.24, 2.45) is 4.99 Å². The summed E-state index contributed by atoms with van der Waals surface area (Å²) < 4.78 is 18.2. The Morgan fingerprint density at radius 3 is 2.65 bits per heavy atom. The zero-order chi connectivity index (χ0) is 28.7. The number of nitrogens with zero attached hydrogens (tertiary/aromatic N) is 3. The van der Waals surface area contributed by atoms with Gasteiger partial charge in [0.15, 0.2) is 4.80 Å². The van der Waals surface area contributed by atoms with Crippen molar-refractivity contribution in [1.29, 1.82) is 0 Å². The fraction of sp³-hybridized carbons (Fsp3) is 0.179. The number of aromatic nitrogens is 1. The predicted molar refractivity (Wildman–Crippen MR) is 149 cm³/mol. The maximum absolute atomic E-state index is 13.8. The maximum Gasteiger partial charge on any atom is 0.338 e. The van der Waals surface area contributed by atoms with Crippen LogP contribution < -0.4 is 19.6 Å². The SMILES string of the molecule is COC(=O)C1=C(C)N=c2s/c(=C\c3ccc(-c4ccc(C)c([N+](=O)[O-])c4)o3)c(=O)n2[C@@H]1c1cc(Cl)ccc1OC. The first kappa shape index (κ1) is 27.1. The maximum atomic E-state index is 13.8. The van der Waals surface area contributed by atoms with Crippen molar-refractivity contribution in [3.63, 3.8) is 0 Å². The highest BCUT2D eigenvalue weighted by atomic mass is 35.5. The number of benzene rings is 2. The van der Waals surface area contributed by atoms with Crippen molar-refractivity contribution < 1.29 is 23.6 Å². The minimum Gasteiger partial charge on any atom is -0.496 e. The van der Waals surface area contributed by atoms with E-state index >= 15 is 0 Å². The Labute approximate surface area is 236 Å². The summed E-state index contributed by atoms with van der Waals surface area (Å²) in [6, 6.07) is 12.2. The van der Waals surface area contributed by atoms with Gasteiger partial charge in [-0.2, -0.15) is 0 Å². The van der Waals surface area contributed by atoms with E-state index in [1.54, 1.807) is 62.4 Å². The number of hydrogen-bond donors (Lipinski definition) is 0. The van der Waals surface area contributed by atoms with Crippen LogP contribution in [0.1, 0.15) is 29.9 Å². The van der Waals surface area contributed by atoms with Crippen LogP contribution in [0.3, 0.4) is 0 Å². The molecule has 1 aliphatic heterocycles. The number of thiazole rings is 1. The summed E-state index contributed by atoms with van der Waals surface area (Å²) in [4.78, 5) is 42.5. The molecule has 0 N–H and O–H groups in total. The molecule has 1 atom stereocenters. The van der Waals surface area contributed by atoms with E-state index in [4.69, 9.17) is 25.5 Å². The number of nitro groups is 1. The first-order chi connectivity index (χ1) is 19.1. The predicted octanol–water partition coefficient (Wildman–Crippen LogP) is 4.55. The van der Waals surface area contributed by atoms with E-state index in [1.165, 1.54) is 24.9 Å². The van der Waals surface area contributed by atoms with E-state index in [9.17, 15) is 19.7 Å². The number of ether oxygens (including phenoxy) is 2. The smallest absolute Gasteiger partial charge is 0.338 e. The number of aryl methyl sites for hydroxylation is 1. The van der Waals surface area contributed by atoms with Crippen molar-refractivity contribution >= 4 is 40.7 Å². The van der Waals surface area contributed by atoms with Crippen LogP contribution >= 0.6 is 22.9 Å². The third-order valence-electron chi connectivity index (χ3n) is 6.50. The molecule has 12 heteroatoms. The van der Waals surface area contributed by atoms with Gasteiger partial charge in [0, 0.05) is 33.9 Å². The van der Waals surface area contributed by atoms with Crippen LogP contribution in [0.2, 0.25) is 5.02 Å². The molecule has 40 heavy (non-hydrogen) atoms. The normalized spacial score (nSPS) is 15.0. The minimum atomic E-state index is -0.903. The molecule has 10 nitrogen and oxygen atoms in total. The standard InChI is InChI=1S/C28H22ClN3O7S/c1-14-5-6-16(11-20(14)32(35)36)21-10-8-18(39-21)13-23-26(33)31-25(19-12-17(29)7-9-22(19)37-3)24(27(34)38-4)15(2)30-28(31)40-23/h5-13,25H,1-4H3/b23-13-/t25-/m1/s1. The lowest BCUT2D eigenvalue weighted by molar-refractivity contribution is -0.385. The largest absolute Gasteiger partial charge is 0.496 e. The molecule has 0 bridgehead atoms. The van der Waals surface area contributed by atoms with Crippen LogP contribution in [0.25, 0.3) is 17.4 Å². The van der Waals surface area contributed by atoms with Crippen LogP contribution in [-0.2, 0) is 9.53 Å². The third kappa shape index (κ3) is 4.74. The van der Waals surface area contributed by atoms with Crippen molar-refractivity contribution in [3.8, 4) is 17.1 Å². The summed E-state index contributed by atoms with van der Waals surface area (Å²) in [6.45, 7) is 3.33. The number of fused-ring (bicyclic) bond motifs is 1. The first-order valence-corrected chi connectivity index (χ1v) is 13.1. The van der Waals surface area contributed by atoms with Gasteiger partial charge in [-0.3, -0.25) is 19.5 Å². The fourth-order valence-corrected chi connectivity index (χ4v) is 5.79. The summed E-state index contributed by atoms with van der Waals surface area (Å²) in [7, 11) is 2.75. The second-order valence-electron chi connectivity index (χ2n) is 8.92. The average molecular weight is 580 g/mol. The van der Waals surface area contributed by atoms with Gasteiger partial charge in [-0.15, -0.1) is 0 Å². The number of rotatable bonds is 6. The Morgan fingerprint density at radius 1 is 1.18 bits per heavy atom. The highest BCUT2D eigenvalue weighted by Crippen LogP contribution is 2.37. The monoisotopic (exact) mass is 579 g/mol. The van der Waals surface area contributed by atoms with Crippen LogP contribution in [0.4, 0.5) is 5.69 Å². The number of nitro benzene ring substituents is 1. The van der Waals surface area contributed by atoms with Crippen LogP contribution in [0, 0.1) is 17.0 Å². The molecule has 0 radical (unpaired) electrons. The molecule has 2 aromatic carbocycles. The van der Waals surface area contributed by atoms with Gasteiger partial charge >= 0.3 is 5.97 Å². The van der Waals surface area contributed by atoms with E-state index in [2.05, 4.69) is 4.99 Å². The number of hydrogen-bond acceptors (Lipinski definition) is 9. The molecule has 0 spiro atoms. The fourth-order valence-electron chi connectivity index (χ4n) is 4.58. The lowest BCUT2D eigenvalue weighted by Gasteiger charge is -2.25. The molecular formula is C28H22ClN3O7S. The molecule has 0 saturated heterocycles. The molecular weight excluding hydrogens is 558 g/mol. The Bertz CT molecular complexity index is 1900. The average Bonchev–Trinajstić information content (AvgIpc) is 3.51. The molecule has 204 valence electrons. The summed E-state index contributed by atoms with van der Waals surface area (Å²) in [5, 5.41) is 11.8. The van der Waals surface area contributed by atoms with Crippen molar-refractivity contribution in [3.05, 3.63) is 112 Å². The molecule has 5 rings (SSSR count). The van der Waals surface area contributed by atoms with Crippen LogP contribution in [0.15, 0.2) is 74.0 Å². The van der Waals surface area contributed by atoms with E-state index in [1.807, 2.05) is 0 Å². The molecule has 0 unspecified atom stereocenters. The van der Waals surface area contributed by atoms with Gasteiger partial charge in [0.1, 0.15) is 23.3 Å². The summed E-state index contributed by atoms with van der Waals surface area (Å²) >= 11 is 7.44. The second-order valence-corrected chi connectivity index (χ2v) is 10.4. The topological polar surface area (TPSA) is 126 Å². The lowest BCUT2D eigenvalue weighted by atomic mass is 9.95. The number of halogens is 1. The van der Waals surface area contributed by atoms with Gasteiger partial charge in [0.25, 0.3) is 11.2 Å². The van der Waals surface area contributed by atoms with Crippen LogP contribution in [-0.4, -0.2) is 29.7 Å². The quantitative estimate of drug-likeness (QED) is 0.186. The second kappa shape index (κ2) is 10.6. The zero-order valence-electron chi connectivity index (χ0n) is 21.8. The summed E-state index contributed by atoms with van der Waals surface area (Å²) in [5.74, 6) is 0.574. The molecule has 0 amide bonds. The Kier molecular flexibility index (Phi) is 7.17. The number of methoxy groups -OCH3 is 2. The van der Waals surface area contributed by atoms with Gasteiger partial charge in [-0.05, 0) is 44.2 Å². The van der Waals surface area contributed by atoms with Gasteiger partial charge < -0.3 is 13.9 Å². The van der Waals surface area contributed by atoms with Gasteiger partial charge in [-0.1, -0.05) is 35.1 Å². The molecule has 2 aromatic heterocycles. The number of furan rings is 1. The Morgan fingerprint density at radius 2 is 1.95 bits per heavy atom. The van der Waals surface area contributed by atoms with Gasteiger partial charge in [0.05, 0.1) is 34.9 Å². The van der Waals surface area contributed by atoms with E-state index in [0.29, 0.717) is 54.0 Å². The number of carbonyl (C=O) groups excluding carboxylic acids is 1. The van der Waals surface area contributed by atoms with Crippen molar-refractivity contribution in [2.45, 2.75) is 19.9 Å². The molecule has 0 saturated carbocycles. The molecule has 1 aliphatic rings. The summed E-state index contributed by atoms with van der Waals surface area (Å²) in [6.07, 6.45) is 1.57. The first-order valence-electron chi connectivity index (χ1n) is 11.9. The van der Waals surface area contributed by atoms with E-state index in [-0.39, 0.29) is 11.3 Å². The zero-order valence-corrected chi connectivity index (χ0v) is 23.3. The van der Waals surface area contributed by atoms with E-state index in [0.717, 1.165) is 11.3 Å². The molecule has 3 heterocycles. The number of allylic oxidation sites excluding steroid dienone is 1. The Hall–Kier alpha value is -4.48. The minimum absolute atomic E-state index is 0.0167. The Balaban J connectivity index is 1.66. The van der Waals surface area contributed by atoms with Crippen molar-refractivity contribution in [1.82, 2.24) is 4.57 Å². The number of esters is 1. The van der Waals surface area contributed by atoms with Gasteiger partial charge in [0.2, 0.25) is 0 Å². The highest BCUT2D eigenvalue weighted by molar-refractivity contribution is 7.07.